The van der Waals surface area contributed by atoms with E-state index >= 15 is 0 Å². The lowest BCUT2D eigenvalue weighted by molar-refractivity contribution is -0.121. The van der Waals surface area contributed by atoms with E-state index in [0.717, 1.165) is 22.4 Å². The zero-order chi connectivity index (χ0) is 19.4. The number of amides is 1. The van der Waals surface area contributed by atoms with E-state index in [2.05, 4.69) is 48.6 Å². The van der Waals surface area contributed by atoms with Gasteiger partial charge >= 0.3 is 0 Å². The highest BCUT2D eigenvalue weighted by atomic mass is 16.5. The minimum Gasteiger partial charge on any atom is -0.364 e. The first kappa shape index (κ1) is 18.9. The van der Waals surface area contributed by atoms with Crippen molar-refractivity contribution in [3.05, 3.63) is 76.5 Å². The molecular weight excluding hydrogens is 336 g/mol. The molecule has 3 rings (SSSR count). The Bertz CT molecular complexity index is 943. The zero-order valence-corrected chi connectivity index (χ0v) is 16.4. The van der Waals surface area contributed by atoms with Crippen LogP contribution >= 0.6 is 0 Å². The number of benzene rings is 2. The van der Waals surface area contributed by atoms with E-state index in [9.17, 15) is 4.79 Å². The molecule has 1 amide bonds. The molecule has 1 unspecified atom stereocenters. The van der Waals surface area contributed by atoms with Crippen molar-refractivity contribution < 1.29 is 9.32 Å². The molecule has 3 aromatic rings. The minimum atomic E-state index is -0.0168. The summed E-state index contributed by atoms with van der Waals surface area (Å²) in [6.45, 7) is 8.22. The molecule has 1 heterocycles. The molecule has 0 aliphatic heterocycles. The molecule has 140 valence electrons. The van der Waals surface area contributed by atoms with Gasteiger partial charge in [-0.2, -0.15) is 0 Å². The van der Waals surface area contributed by atoms with E-state index < -0.39 is 0 Å². The van der Waals surface area contributed by atoms with Gasteiger partial charge in [-0.25, -0.2) is 0 Å². The predicted molar refractivity (Wildman–Crippen MR) is 107 cm³/mol. The van der Waals surface area contributed by atoms with Crippen LogP contribution in [0.5, 0.6) is 0 Å². The first-order valence-corrected chi connectivity index (χ1v) is 9.31. The highest BCUT2D eigenvalue weighted by molar-refractivity contribution is 5.77. The second-order valence-electron chi connectivity index (χ2n) is 7.21. The van der Waals surface area contributed by atoms with Crippen molar-refractivity contribution in [2.45, 2.75) is 46.6 Å². The van der Waals surface area contributed by atoms with Crippen LogP contribution in [0.2, 0.25) is 0 Å². The van der Waals surface area contributed by atoms with Gasteiger partial charge in [-0.15, -0.1) is 0 Å². The molecule has 0 saturated heterocycles. The van der Waals surface area contributed by atoms with Crippen molar-refractivity contribution in [3.8, 4) is 11.3 Å². The second kappa shape index (κ2) is 8.21. The Kier molecular flexibility index (Phi) is 5.75. The van der Waals surface area contributed by atoms with Gasteiger partial charge in [-0.05, 0) is 51.3 Å². The fourth-order valence-corrected chi connectivity index (χ4v) is 3.42. The Morgan fingerprint density at radius 1 is 1.11 bits per heavy atom. The summed E-state index contributed by atoms with van der Waals surface area (Å²) in [6, 6.07) is 14.4. The zero-order valence-electron chi connectivity index (χ0n) is 16.4. The van der Waals surface area contributed by atoms with E-state index in [0.29, 0.717) is 12.8 Å². The topological polar surface area (TPSA) is 55.1 Å². The smallest absolute Gasteiger partial charge is 0.220 e. The first-order valence-electron chi connectivity index (χ1n) is 9.31. The highest BCUT2D eigenvalue weighted by Gasteiger charge is 2.15. The van der Waals surface area contributed by atoms with Crippen LogP contribution in [-0.2, 0) is 11.2 Å². The Hall–Kier alpha value is -2.88. The quantitative estimate of drug-likeness (QED) is 0.665. The van der Waals surface area contributed by atoms with Gasteiger partial charge in [0.05, 0.1) is 6.04 Å². The van der Waals surface area contributed by atoms with E-state index in [1.165, 1.54) is 16.7 Å². The molecule has 0 fully saturated rings. The molecule has 0 saturated carbocycles. The number of aromatic nitrogens is 1. The Morgan fingerprint density at radius 2 is 1.89 bits per heavy atom. The summed E-state index contributed by atoms with van der Waals surface area (Å²) >= 11 is 0. The Labute approximate surface area is 160 Å². The molecule has 1 aromatic heterocycles. The number of aryl methyl sites for hydroxylation is 4. The van der Waals surface area contributed by atoms with Crippen LogP contribution < -0.4 is 5.32 Å². The Morgan fingerprint density at radius 3 is 2.63 bits per heavy atom. The molecule has 4 heteroatoms. The van der Waals surface area contributed by atoms with Crippen LogP contribution in [0.1, 0.15) is 47.2 Å². The lowest BCUT2D eigenvalue weighted by Crippen LogP contribution is -2.27. The van der Waals surface area contributed by atoms with Gasteiger partial charge in [0.1, 0.15) is 12.0 Å². The molecule has 1 N–H and O–H groups in total. The minimum absolute atomic E-state index is 0.0168. The Balaban J connectivity index is 1.62. The largest absolute Gasteiger partial charge is 0.364 e. The molecule has 0 aliphatic rings. The SMILES string of the molecule is Cc1cccc(-c2nocc2CCC(=O)NC(C)c2ccc(C)cc2C)c1. The lowest BCUT2D eigenvalue weighted by atomic mass is 10.00. The third-order valence-electron chi connectivity index (χ3n) is 4.83. The number of carbonyl (C=O) groups is 1. The summed E-state index contributed by atoms with van der Waals surface area (Å²) in [6.07, 6.45) is 2.63. The van der Waals surface area contributed by atoms with Crippen molar-refractivity contribution in [2.24, 2.45) is 0 Å². The van der Waals surface area contributed by atoms with E-state index in [1.54, 1.807) is 6.26 Å². The fraction of sp³-hybridized carbons (Fsp3) is 0.304. The lowest BCUT2D eigenvalue weighted by Gasteiger charge is -2.17. The maximum Gasteiger partial charge on any atom is 0.220 e. The van der Waals surface area contributed by atoms with Crippen molar-refractivity contribution in [2.75, 3.05) is 0 Å². The van der Waals surface area contributed by atoms with Crippen LogP contribution in [0.15, 0.2) is 53.3 Å². The van der Waals surface area contributed by atoms with Gasteiger partial charge in [0.2, 0.25) is 5.91 Å². The molecule has 0 aliphatic carbocycles. The van der Waals surface area contributed by atoms with E-state index in [-0.39, 0.29) is 11.9 Å². The molecule has 0 spiro atoms. The van der Waals surface area contributed by atoms with E-state index in [1.807, 2.05) is 32.0 Å². The average Bonchev–Trinajstić information content (AvgIpc) is 3.08. The normalized spacial score (nSPS) is 12.0. The van der Waals surface area contributed by atoms with Crippen LogP contribution in [0.4, 0.5) is 0 Å². The third kappa shape index (κ3) is 4.64. The number of hydrogen-bond acceptors (Lipinski definition) is 3. The van der Waals surface area contributed by atoms with Crippen molar-refractivity contribution >= 4 is 5.91 Å². The second-order valence-corrected chi connectivity index (χ2v) is 7.21. The van der Waals surface area contributed by atoms with Gasteiger partial charge in [0.15, 0.2) is 0 Å². The van der Waals surface area contributed by atoms with Crippen LogP contribution in [0.25, 0.3) is 11.3 Å². The van der Waals surface area contributed by atoms with E-state index in [4.69, 9.17) is 4.52 Å². The highest BCUT2D eigenvalue weighted by Crippen LogP contribution is 2.24. The first-order chi connectivity index (χ1) is 12.9. The van der Waals surface area contributed by atoms with Crippen molar-refractivity contribution in [1.29, 1.82) is 0 Å². The molecule has 0 bridgehead atoms. The standard InChI is InChI=1S/C23H26N2O2/c1-15-6-5-7-19(13-15)23-20(14-27-25-23)9-11-22(26)24-18(4)21-10-8-16(2)12-17(21)3/h5-8,10,12-14,18H,9,11H2,1-4H3,(H,24,26). The number of nitrogens with zero attached hydrogens (tertiary/aromatic N) is 1. The molecule has 4 nitrogen and oxygen atoms in total. The maximum absolute atomic E-state index is 12.4. The van der Waals surface area contributed by atoms with Crippen molar-refractivity contribution in [3.63, 3.8) is 0 Å². The molecular formula is C23H26N2O2. The average molecular weight is 362 g/mol. The van der Waals surface area contributed by atoms with Crippen molar-refractivity contribution in [1.82, 2.24) is 10.5 Å². The number of rotatable bonds is 6. The summed E-state index contributed by atoms with van der Waals surface area (Å²) in [5, 5.41) is 7.22. The molecule has 0 radical (unpaired) electrons. The number of nitrogens with one attached hydrogen (secondary N) is 1. The summed E-state index contributed by atoms with van der Waals surface area (Å²) in [5.41, 5.74) is 7.53. The summed E-state index contributed by atoms with van der Waals surface area (Å²) < 4.78 is 5.17. The molecule has 27 heavy (non-hydrogen) atoms. The maximum atomic E-state index is 12.4. The number of carbonyl (C=O) groups excluding carboxylic acids is 1. The van der Waals surface area contributed by atoms with Gasteiger partial charge in [-0.1, -0.05) is 52.7 Å². The summed E-state index contributed by atoms with van der Waals surface area (Å²) in [7, 11) is 0. The molecule has 2 aromatic carbocycles. The summed E-state index contributed by atoms with van der Waals surface area (Å²) in [5.74, 6) is 0.0267. The fourth-order valence-electron chi connectivity index (χ4n) is 3.42. The van der Waals surface area contributed by atoms with Gasteiger partial charge in [0.25, 0.3) is 0 Å². The monoisotopic (exact) mass is 362 g/mol. The third-order valence-corrected chi connectivity index (χ3v) is 4.83. The molecule has 1 atom stereocenters. The number of hydrogen-bond donors (Lipinski definition) is 1. The van der Waals surface area contributed by atoms with Gasteiger partial charge in [0, 0.05) is 17.5 Å². The van der Waals surface area contributed by atoms with Gasteiger partial charge < -0.3 is 9.84 Å². The predicted octanol–water partition coefficient (Wildman–Crippen LogP) is 5.08. The summed E-state index contributed by atoms with van der Waals surface area (Å²) in [4.78, 5) is 12.4. The van der Waals surface area contributed by atoms with Gasteiger partial charge in [-0.3, -0.25) is 4.79 Å². The van der Waals surface area contributed by atoms with Crippen LogP contribution in [-0.4, -0.2) is 11.1 Å². The van der Waals surface area contributed by atoms with Crippen LogP contribution in [0.3, 0.4) is 0 Å². The van der Waals surface area contributed by atoms with Crippen LogP contribution in [0, 0.1) is 20.8 Å².